The van der Waals surface area contributed by atoms with Crippen LogP contribution in [0, 0.1) is 10.1 Å². The second-order valence-electron chi connectivity index (χ2n) is 3.37. The summed E-state index contributed by atoms with van der Waals surface area (Å²) < 4.78 is 25.6. The van der Waals surface area contributed by atoms with Gasteiger partial charge in [-0.25, -0.2) is 13.1 Å². The quantitative estimate of drug-likeness (QED) is 0.598. The van der Waals surface area contributed by atoms with E-state index in [1.54, 1.807) is 0 Å². The average Bonchev–Trinajstić information content (AvgIpc) is 2.35. The number of halogens is 1. The highest BCUT2D eigenvalue weighted by molar-refractivity contribution is 7.89. The Morgan fingerprint density at radius 2 is 2.11 bits per heavy atom. The Hall–Kier alpha value is -1.71. The second kappa shape index (κ2) is 5.95. The number of benzene rings is 1. The van der Waals surface area contributed by atoms with Gasteiger partial charge in [-0.1, -0.05) is 11.6 Å². The standard InChI is InChI=1S/C9H10ClN3O5S/c1-11-9(14)5-12-19(17,18)6-2-3-7(10)8(4-6)13(15)16/h2-4,12H,5H2,1H3,(H,11,14). The lowest BCUT2D eigenvalue weighted by Crippen LogP contribution is -2.35. The van der Waals surface area contributed by atoms with Crippen LogP contribution in [-0.2, 0) is 14.8 Å². The zero-order valence-corrected chi connectivity index (χ0v) is 11.3. The van der Waals surface area contributed by atoms with E-state index in [9.17, 15) is 23.3 Å². The monoisotopic (exact) mass is 307 g/mol. The minimum atomic E-state index is -4.01. The Balaban J connectivity index is 3.05. The van der Waals surface area contributed by atoms with E-state index in [1.807, 2.05) is 4.72 Å². The molecule has 0 saturated carbocycles. The van der Waals surface area contributed by atoms with Crippen molar-refractivity contribution >= 4 is 33.2 Å². The average molecular weight is 308 g/mol. The Morgan fingerprint density at radius 3 is 2.63 bits per heavy atom. The molecule has 0 bridgehead atoms. The number of hydrogen-bond donors (Lipinski definition) is 2. The number of rotatable bonds is 5. The summed E-state index contributed by atoms with van der Waals surface area (Å²) in [6.07, 6.45) is 0. The number of carbonyl (C=O) groups excluding carboxylic acids is 1. The van der Waals surface area contributed by atoms with Gasteiger partial charge in [-0.3, -0.25) is 14.9 Å². The molecule has 0 saturated heterocycles. The first-order valence-electron chi connectivity index (χ1n) is 4.92. The van der Waals surface area contributed by atoms with Crippen molar-refractivity contribution < 1.29 is 18.1 Å². The number of nitro groups is 1. The van der Waals surface area contributed by atoms with Crippen LogP contribution in [0.2, 0.25) is 5.02 Å². The van der Waals surface area contributed by atoms with E-state index < -0.39 is 33.1 Å². The van der Waals surface area contributed by atoms with Crippen molar-refractivity contribution in [3.05, 3.63) is 33.3 Å². The molecular formula is C9H10ClN3O5S. The van der Waals surface area contributed by atoms with Crippen molar-refractivity contribution in [3.63, 3.8) is 0 Å². The van der Waals surface area contributed by atoms with E-state index in [2.05, 4.69) is 5.32 Å². The van der Waals surface area contributed by atoms with E-state index in [0.717, 1.165) is 18.2 Å². The molecule has 10 heteroatoms. The van der Waals surface area contributed by atoms with Crippen molar-refractivity contribution in [2.24, 2.45) is 0 Å². The number of nitrogens with zero attached hydrogens (tertiary/aromatic N) is 1. The third-order valence-corrected chi connectivity index (χ3v) is 3.84. The van der Waals surface area contributed by atoms with Crippen LogP contribution in [0.25, 0.3) is 0 Å². The van der Waals surface area contributed by atoms with Crippen molar-refractivity contribution in [2.75, 3.05) is 13.6 Å². The lowest BCUT2D eigenvalue weighted by atomic mass is 10.3. The predicted octanol–water partition coefficient (Wildman–Crippen LogP) is 0.272. The Bertz CT molecular complexity index is 616. The fraction of sp³-hybridized carbons (Fsp3) is 0.222. The summed E-state index contributed by atoms with van der Waals surface area (Å²) in [5, 5.41) is 12.7. The van der Waals surface area contributed by atoms with Crippen LogP contribution in [0.3, 0.4) is 0 Å². The first kappa shape index (κ1) is 15.3. The van der Waals surface area contributed by atoms with Gasteiger partial charge in [0.25, 0.3) is 5.69 Å². The summed E-state index contributed by atoms with van der Waals surface area (Å²) in [7, 11) is -2.66. The number of sulfonamides is 1. The van der Waals surface area contributed by atoms with Gasteiger partial charge in [-0.05, 0) is 12.1 Å². The van der Waals surface area contributed by atoms with Crippen LogP contribution in [0.5, 0.6) is 0 Å². The van der Waals surface area contributed by atoms with Crippen LogP contribution in [-0.4, -0.2) is 32.8 Å². The number of carbonyl (C=O) groups is 1. The molecular weight excluding hydrogens is 298 g/mol. The maximum atomic E-state index is 11.8. The summed E-state index contributed by atoms with van der Waals surface area (Å²) in [4.78, 5) is 20.5. The van der Waals surface area contributed by atoms with Crippen LogP contribution in [0.1, 0.15) is 0 Å². The second-order valence-corrected chi connectivity index (χ2v) is 5.54. The number of hydrogen-bond acceptors (Lipinski definition) is 5. The van der Waals surface area contributed by atoms with Gasteiger partial charge < -0.3 is 5.32 Å². The summed E-state index contributed by atoms with van der Waals surface area (Å²) in [6.45, 7) is -0.463. The molecule has 8 nitrogen and oxygen atoms in total. The molecule has 104 valence electrons. The molecule has 1 aromatic rings. The van der Waals surface area contributed by atoms with Crippen LogP contribution in [0.4, 0.5) is 5.69 Å². The zero-order valence-electron chi connectivity index (χ0n) is 9.71. The summed E-state index contributed by atoms with van der Waals surface area (Å²) >= 11 is 5.57. The topological polar surface area (TPSA) is 118 Å². The normalized spacial score (nSPS) is 11.1. The zero-order chi connectivity index (χ0) is 14.6. The molecule has 0 fully saturated rings. The molecule has 0 aromatic heterocycles. The maximum Gasteiger partial charge on any atom is 0.289 e. The van der Waals surface area contributed by atoms with Crippen LogP contribution >= 0.6 is 11.6 Å². The fourth-order valence-corrected chi connectivity index (χ4v) is 2.32. The molecule has 19 heavy (non-hydrogen) atoms. The predicted molar refractivity (Wildman–Crippen MR) is 67.4 cm³/mol. The number of amides is 1. The molecule has 1 amide bonds. The fourth-order valence-electron chi connectivity index (χ4n) is 1.13. The lowest BCUT2D eigenvalue weighted by molar-refractivity contribution is -0.384. The van der Waals surface area contributed by atoms with E-state index in [1.165, 1.54) is 7.05 Å². The van der Waals surface area contributed by atoms with E-state index in [0.29, 0.717) is 0 Å². The largest absolute Gasteiger partial charge is 0.358 e. The smallest absolute Gasteiger partial charge is 0.289 e. The molecule has 1 aromatic carbocycles. The van der Waals surface area contributed by atoms with Gasteiger partial charge in [-0.15, -0.1) is 0 Å². The van der Waals surface area contributed by atoms with E-state index in [4.69, 9.17) is 11.6 Å². The van der Waals surface area contributed by atoms with Crippen LogP contribution in [0.15, 0.2) is 23.1 Å². The summed E-state index contributed by atoms with van der Waals surface area (Å²) in [6, 6.07) is 3.05. The molecule has 0 atom stereocenters. The van der Waals surface area contributed by atoms with Gasteiger partial charge in [0, 0.05) is 13.1 Å². The SMILES string of the molecule is CNC(=O)CNS(=O)(=O)c1ccc(Cl)c([N+](=O)[O-])c1. The Morgan fingerprint density at radius 1 is 1.47 bits per heavy atom. The van der Waals surface area contributed by atoms with E-state index in [-0.39, 0.29) is 9.92 Å². The van der Waals surface area contributed by atoms with E-state index >= 15 is 0 Å². The molecule has 0 heterocycles. The Labute approximate surface area is 114 Å². The molecule has 0 unspecified atom stereocenters. The van der Waals surface area contributed by atoms with Crippen molar-refractivity contribution in [3.8, 4) is 0 Å². The number of nitrogens with one attached hydrogen (secondary N) is 2. The number of nitro benzene ring substituents is 1. The van der Waals surface area contributed by atoms with Crippen molar-refractivity contribution in [2.45, 2.75) is 4.90 Å². The molecule has 0 aliphatic carbocycles. The molecule has 1 rings (SSSR count). The molecule has 2 N–H and O–H groups in total. The van der Waals surface area contributed by atoms with Gasteiger partial charge in [0.1, 0.15) is 5.02 Å². The lowest BCUT2D eigenvalue weighted by Gasteiger charge is -2.06. The highest BCUT2D eigenvalue weighted by atomic mass is 35.5. The van der Waals surface area contributed by atoms with Crippen molar-refractivity contribution in [1.82, 2.24) is 10.0 Å². The highest BCUT2D eigenvalue weighted by Crippen LogP contribution is 2.26. The first-order valence-corrected chi connectivity index (χ1v) is 6.78. The number of likely N-dealkylation sites (N-methyl/N-ethyl adjacent to an activating group) is 1. The third kappa shape index (κ3) is 3.88. The van der Waals surface area contributed by atoms with Gasteiger partial charge in [-0.2, -0.15) is 0 Å². The first-order chi connectivity index (χ1) is 8.77. The van der Waals surface area contributed by atoms with Crippen molar-refractivity contribution in [1.29, 1.82) is 0 Å². The highest BCUT2D eigenvalue weighted by Gasteiger charge is 2.20. The minimum Gasteiger partial charge on any atom is -0.358 e. The van der Waals surface area contributed by atoms with Gasteiger partial charge in [0.2, 0.25) is 15.9 Å². The van der Waals surface area contributed by atoms with Crippen LogP contribution < -0.4 is 10.0 Å². The molecule has 0 spiro atoms. The van der Waals surface area contributed by atoms with Gasteiger partial charge in [0.05, 0.1) is 16.4 Å². The third-order valence-electron chi connectivity index (χ3n) is 2.13. The molecule has 0 aliphatic rings. The molecule has 0 radical (unpaired) electrons. The summed E-state index contributed by atoms with van der Waals surface area (Å²) in [5.74, 6) is -0.535. The molecule has 0 aliphatic heterocycles. The summed E-state index contributed by atoms with van der Waals surface area (Å²) in [5.41, 5.74) is -0.524. The van der Waals surface area contributed by atoms with Gasteiger partial charge in [0.15, 0.2) is 0 Å². The minimum absolute atomic E-state index is 0.171. The maximum absolute atomic E-state index is 11.8. The van der Waals surface area contributed by atoms with Gasteiger partial charge >= 0.3 is 0 Å². The Kier molecular flexibility index (Phi) is 4.81.